The summed E-state index contributed by atoms with van der Waals surface area (Å²) in [5.41, 5.74) is 4.22. The van der Waals surface area contributed by atoms with Crippen molar-refractivity contribution in [2.75, 3.05) is 0 Å². The van der Waals surface area contributed by atoms with Crippen molar-refractivity contribution in [2.45, 2.75) is 65.5 Å². The van der Waals surface area contributed by atoms with Crippen molar-refractivity contribution >= 4 is 0 Å². The lowest BCUT2D eigenvalue weighted by molar-refractivity contribution is 0.352. The van der Waals surface area contributed by atoms with Crippen molar-refractivity contribution in [3.63, 3.8) is 0 Å². The van der Waals surface area contributed by atoms with Gasteiger partial charge in [-0.3, -0.25) is 0 Å². The third-order valence-corrected chi connectivity index (χ3v) is 4.52. The van der Waals surface area contributed by atoms with Crippen molar-refractivity contribution in [1.29, 1.82) is 0 Å². The molecule has 0 spiro atoms. The molecular weight excluding hydrogens is 218 g/mol. The maximum Gasteiger partial charge on any atom is 0.0297 e. The van der Waals surface area contributed by atoms with Crippen LogP contribution in [0.25, 0.3) is 0 Å². The minimum atomic E-state index is 0.459. The van der Waals surface area contributed by atoms with Gasteiger partial charge in [-0.05, 0) is 57.6 Å². The Bertz CT molecular complexity index is 391. The predicted octanol–water partition coefficient (Wildman–Crippen LogP) is 4.53. The second kappa shape index (κ2) is 5.88. The summed E-state index contributed by atoms with van der Waals surface area (Å²) >= 11 is 0. The van der Waals surface area contributed by atoms with E-state index >= 15 is 0 Å². The smallest absolute Gasteiger partial charge is 0.0297 e. The Morgan fingerprint density at radius 2 is 1.78 bits per heavy atom. The molecule has 2 rings (SSSR count). The third-order valence-electron chi connectivity index (χ3n) is 4.52. The fraction of sp³-hybridized carbons (Fsp3) is 0.647. The quantitative estimate of drug-likeness (QED) is 0.821. The van der Waals surface area contributed by atoms with Crippen molar-refractivity contribution in [3.05, 3.63) is 34.9 Å². The molecule has 0 radical (unpaired) electrons. The molecule has 1 N–H and O–H groups in total. The lowest BCUT2D eigenvalue weighted by Gasteiger charge is -2.26. The Balaban J connectivity index is 2.02. The molecule has 0 aromatic heterocycles. The van der Waals surface area contributed by atoms with Crippen LogP contribution in [0.5, 0.6) is 0 Å². The normalized spacial score (nSPS) is 20.0. The molecule has 18 heavy (non-hydrogen) atoms. The first kappa shape index (κ1) is 13.6. The molecule has 2 atom stereocenters. The van der Waals surface area contributed by atoms with Gasteiger partial charge in [-0.1, -0.05) is 36.6 Å². The Kier molecular flexibility index (Phi) is 4.45. The van der Waals surface area contributed by atoms with Crippen LogP contribution in [-0.2, 0) is 0 Å². The lowest BCUT2D eigenvalue weighted by atomic mass is 9.95. The monoisotopic (exact) mass is 245 g/mol. The van der Waals surface area contributed by atoms with Gasteiger partial charge in [0.15, 0.2) is 0 Å². The van der Waals surface area contributed by atoms with Crippen LogP contribution in [0.2, 0.25) is 0 Å². The number of nitrogens with one attached hydrogen (secondary N) is 1. The SMILES string of the molecule is Cc1ccc(C)c(C(C)N[C@@H](C)C2CCCC2)c1. The summed E-state index contributed by atoms with van der Waals surface area (Å²) in [4.78, 5) is 0. The Hall–Kier alpha value is -0.820. The highest BCUT2D eigenvalue weighted by atomic mass is 14.9. The standard InChI is InChI=1S/C17H27N/c1-12-9-10-13(2)17(11-12)15(4)18-14(3)16-7-5-6-8-16/h9-11,14-16,18H,5-8H2,1-4H3/t14-,15?/m0/s1. The van der Waals surface area contributed by atoms with Crippen LogP contribution in [0, 0.1) is 19.8 Å². The second-order valence-electron chi connectivity index (χ2n) is 6.08. The summed E-state index contributed by atoms with van der Waals surface area (Å²) in [6.07, 6.45) is 5.67. The molecule has 1 fully saturated rings. The summed E-state index contributed by atoms with van der Waals surface area (Å²) in [5, 5.41) is 3.81. The van der Waals surface area contributed by atoms with Crippen LogP contribution in [-0.4, -0.2) is 6.04 Å². The first-order chi connectivity index (χ1) is 8.58. The maximum absolute atomic E-state index is 3.81. The Morgan fingerprint density at radius 3 is 2.44 bits per heavy atom. The van der Waals surface area contributed by atoms with Crippen molar-refractivity contribution in [2.24, 2.45) is 5.92 Å². The van der Waals surface area contributed by atoms with Crippen LogP contribution < -0.4 is 5.32 Å². The molecule has 0 amide bonds. The third kappa shape index (κ3) is 3.14. The molecule has 0 aliphatic heterocycles. The zero-order chi connectivity index (χ0) is 13.1. The van der Waals surface area contributed by atoms with E-state index in [0.29, 0.717) is 12.1 Å². The molecule has 1 aliphatic rings. The zero-order valence-corrected chi connectivity index (χ0v) is 12.3. The molecule has 1 heteroatoms. The fourth-order valence-corrected chi connectivity index (χ4v) is 3.30. The number of hydrogen-bond donors (Lipinski definition) is 1. The van der Waals surface area contributed by atoms with E-state index in [0.717, 1.165) is 5.92 Å². The molecule has 0 heterocycles. The first-order valence-electron chi connectivity index (χ1n) is 7.41. The van der Waals surface area contributed by atoms with Crippen LogP contribution in [0.3, 0.4) is 0 Å². The summed E-state index contributed by atoms with van der Waals surface area (Å²) < 4.78 is 0. The highest BCUT2D eigenvalue weighted by Crippen LogP contribution is 2.29. The van der Waals surface area contributed by atoms with Crippen molar-refractivity contribution in [3.8, 4) is 0 Å². The number of rotatable bonds is 4. The average molecular weight is 245 g/mol. The van der Waals surface area contributed by atoms with E-state index < -0.39 is 0 Å². The summed E-state index contributed by atoms with van der Waals surface area (Å²) in [6.45, 7) is 9.05. The van der Waals surface area contributed by atoms with Gasteiger partial charge in [0.1, 0.15) is 0 Å². The van der Waals surface area contributed by atoms with Crippen LogP contribution in [0.4, 0.5) is 0 Å². The van der Waals surface area contributed by atoms with E-state index in [-0.39, 0.29) is 0 Å². The Morgan fingerprint density at radius 1 is 1.11 bits per heavy atom. The van der Waals surface area contributed by atoms with E-state index in [1.807, 2.05) is 0 Å². The zero-order valence-electron chi connectivity index (χ0n) is 12.3. The van der Waals surface area contributed by atoms with E-state index in [2.05, 4.69) is 51.2 Å². The lowest BCUT2D eigenvalue weighted by Crippen LogP contribution is -2.34. The van der Waals surface area contributed by atoms with E-state index in [9.17, 15) is 0 Å². The van der Waals surface area contributed by atoms with Gasteiger partial charge >= 0.3 is 0 Å². The van der Waals surface area contributed by atoms with Gasteiger partial charge < -0.3 is 5.32 Å². The highest BCUT2D eigenvalue weighted by molar-refractivity contribution is 5.32. The average Bonchev–Trinajstić information content (AvgIpc) is 2.85. The first-order valence-corrected chi connectivity index (χ1v) is 7.41. The van der Waals surface area contributed by atoms with Crippen LogP contribution in [0.15, 0.2) is 18.2 Å². The highest BCUT2D eigenvalue weighted by Gasteiger charge is 2.23. The number of aryl methyl sites for hydroxylation is 2. The van der Waals surface area contributed by atoms with Crippen molar-refractivity contribution in [1.82, 2.24) is 5.32 Å². The molecule has 1 aliphatic carbocycles. The molecule has 100 valence electrons. The minimum absolute atomic E-state index is 0.459. The summed E-state index contributed by atoms with van der Waals surface area (Å²) in [7, 11) is 0. The van der Waals surface area contributed by atoms with Gasteiger partial charge in [0.25, 0.3) is 0 Å². The largest absolute Gasteiger partial charge is 0.307 e. The molecule has 1 unspecified atom stereocenters. The van der Waals surface area contributed by atoms with Gasteiger partial charge in [0.2, 0.25) is 0 Å². The summed E-state index contributed by atoms with van der Waals surface area (Å²) in [6, 6.07) is 7.87. The maximum atomic E-state index is 3.81. The van der Waals surface area contributed by atoms with Crippen LogP contribution >= 0.6 is 0 Å². The molecule has 1 saturated carbocycles. The second-order valence-corrected chi connectivity index (χ2v) is 6.08. The van der Waals surface area contributed by atoms with E-state index in [4.69, 9.17) is 0 Å². The fourth-order valence-electron chi connectivity index (χ4n) is 3.30. The Labute approximate surface area is 112 Å². The van der Waals surface area contributed by atoms with E-state index in [1.165, 1.54) is 42.4 Å². The molecule has 1 aromatic carbocycles. The van der Waals surface area contributed by atoms with Gasteiger partial charge in [0, 0.05) is 12.1 Å². The van der Waals surface area contributed by atoms with Crippen molar-refractivity contribution < 1.29 is 0 Å². The number of hydrogen-bond acceptors (Lipinski definition) is 1. The summed E-state index contributed by atoms with van der Waals surface area (Å²) in [5.74, 6) is 0.887. The van der Waals surface area contributed by atoms with Gasteiger partial charge in [0.05, 0.1) is 0 Å². The molecule has 1 nitrogen and oxygen atoms in total. The topological polar surface area (TPSA) is 12.0 Å². The molecule has 0 bridgehead atoms. The van der Waals surface area contributed by atoms with Gasteiger partial charge in [-0.15, -0.1) is 0 Å². The number of benzene rings is 1. The predicted molar refractivity (Wildman–Crippen MR) is 78.9 cm³/mol. The van der Waals surface area contributed by atoms with Crippen LogP contribution in [0.1, 0.15) is 62.3 Å². The minimum Gasteiger partial charge on any atom is -0.307 e. The molecule has 0 saturated heterocycles. The molecule has 1 aromatic rings. The van der Waals surface area contributed by atoms with Gasteiger partial charge in [-0.25, -0.2) is 0 Å². The molecular formula is C17H27N. The van der Waals surface area contributed by atoms with E-state index in [1.54, 1.807) is 0 Å². The van der Waals surface area contributed by atoms with Gasteiger partial charge in [-0.2, -0.15) is 0 Å².